The van der Waals surface area contributed by atoms with Crippen LogP contribution in [0.2, 0.25) is 0 Å². The van der Waals surface area contributed by atoms with Crippen LogP contribution in [0, 0.1) is 19.8 Å². The van der Waals surface area contributed by atoms with Crippen LogP contribution in [0.5, 0.6) is 5.75 Å². The van der Waals surface area contributed by atoms with Crippen molar-refractivity contribution >= 4 is 17.2 Å². The van der Waals surface area contributed by atoms with E-state index in [9.17, 15) is 4.79 Å². The minimum Gasteiger partial charge on any atom is -0.493 e. The summed E-state index contributed by atoms with van der Waals surface area (Å²) in [5, 5.41) is 5.19. The summed E-state index contributed by atoms with van der Waals surface area (Å²) in [5.41, 5.74) is 4.11. The van der Waals surface area contributed by atoms with Crippen LogP contribution in [-0.4, -0.2) is 23.6 Å². The lowest BCUT2D eigenvalue weighted by molar-refractivity contribution is 0.0938. The van der Waals surface area contributed by atoms with E-state index in [0.717, 1.165) is 35.7 Å². The fourth-order valence-corrected chi connectivity index (χ4v) is 4.38. The highest BCUT2D eigenvalue weighted by atomic mass is 32.1. The van der Waals surface area contributed by atoms with Crippen LogP contribution in [0.25, 0.3) is 0 Å². The number of ether oxygens (including phenoxy) is 1. The molecule has 27 heavy (non-hydrogen) atoms. The first-order valence-corrected chi connectivity index (χ1v) is 10.2. The molecular formula is C22H24N2O2S. The molecule has 0 saturated carbocycles. The smallest absolute Gasteiger partial charge is 0.253 e. The molecule has 0 saturated heterocycles. The first-order chi connectivity index (χ1) is 13.1. The van der Waals surface area contributed by atoms with Gasteiger partial charge in [-0.05, 0) is 49.4 Å². The highest BCUT2D eigenvalue weighted by Crippen LogP contribution is 2.26. The fraction of sp³-hybridized carbons (Fsp3) is 0.318. The number of nitrogens with one attached hydrogen (secondary N) is 1. The summed E-state index contributed by atoms with van der Waals surface area (Å²) in [4.78, 5) is 14.1. The molecule has 0 radical (unpaired) electrons. The first kappa shape index (κ1) is 17.9. The molecule has 0 fully saturated rings. The third kappa shape index (κ3) is 3.78. The number of benzene rings is 1. The van der Waals surface area contributed by atoms with E-state index in [1.165, 1.54) is 10.4 Å². The van der Waals surface area contributed by atoms with Crippen LogP contribution in [0.4, 0.5) is 0 Å². The van der Waals surface area contributed by atoms with Crippen LogP contribution in [0.3, 0.4) is 0 Å². The van der Waals surface area contributed by atoms with Gasteiger partial charge in [-0.2, -0.15) is 0 Å². The first-order valence-electron chi connectivity index (χ1n) is 9.30. The summed E-state index contributed by atoms with van der Waals surface area (Å²) in [6.45, 7) is 6.17. The van der Waals surface area contributed by atoms with E-state index in [-0.39, 0.29) is 5.91 Å². The van der Waals surface area contributed by atoms with E-state index in [1.54, 1.807) is 11.3 Å². The molecule has 3 aromatic rings. The molecule has 2 aromatic heterocycles. The normalized spacial score (nSPS) is 15.9. The van der Waals surface area contributed by atoms with Crippen molar-refractivity contribution in [2.45, 2.75) is 26.8 Å². The van der Waals surface area contributed by atoms with E-state index in [4.69, 9.17) is 4.74 Å². The Hall–Kier alpha value is -2.53. The van der Waals surface area contributed by atoms with Gasteiger partial charge in [-0.15, -0.1) is 11.3 Å². The zero-order chi connectivity index (χ0) is 18.8. The minimum absolute atomic E-state index is 0.000566. The molecule has 1 aliphatic heterocycles. The number of amides is 1. The molecule has 1 atom stereocenters. The van der Waals surface area contributed by atoms with Gasteiger partial charge in [-0.3, -0.25) is 4.79 Å². The quantitative estimate of drug-likeness (QED) is 0.721. The summed E-state index contributed by atoms with van der Waals surface area (Å²) < 4.78 is 8.03. The highest BCUT2D eigenvalue weighted by molar-refractivity contribution is 7.09. The molecule has 3 heterocycles. The Kier molecular flexibility index (Phi) is 5.03. The Labute approximate surface area is 163 Å². The zero-order valence-electron chi connectivity index (χ0n) is 15.7. The molecule has 5 heteroatoms. The van der Waals surface area contributed by atoms with Crippen molar-refractivity contribution in [3.05, 3.63) is 75.2 Å². The third-order valence-corrected chi connectivity index (χ3v) is 6.08. The predicted molar refractivity (Wildman–Crippen MR) is 109 cm³/mol. The number of carbonyl (C=O) groups is 1. The van der Waals surface area contributed by atoms with Gasteiger partial charge in [0.25, 0.3) is 5.91 Å². The van der Waals surface area contributed by atoms with Crippen molar-refractivity contribution < 1.29 is 9.53 Å². The van der Waals surface area contributed by atoms with Gasteiger partial charge in [0.1, 0.15) is 5.75 Å². The number of aryl methyl sites for hydroxylation is 1. The molecule has 4 rings (SSSR count). The minimum atomic E-state index is -0.000566. The van der Waals surface area contributed by atoms with Crippen molar-refractivity contribution in [3.8, 4) is 5.75 Å². The lowest BCUT2D eigenvalue weighted by atomic mass is 9.96. The molecular weight excluding hydrogens is 356 g/mol. The maximum Gasteiger partial charge on any atom is 0.253 e. The van der Waals surface area contributed by atoms with Crippen LogP contribution < -0.4 is 10.1 Å². The Morgan fingerprint density at radius 2 is 2.11 bits per heavy atom. The second-order valence-corrected chi connectivity index (χ2v) is 8.18. The van der Waals surface area contributed by atoms with Crippen LogP contribution in [0.15, 0.2) is 47.8 Å². The van der Waals surface area contributed by atoms with Gasteiger partial charge in [0, 0.05) is 28.7 Å². The number of nitrogens with zero attached hydrogens (tertiary/aromatic N) is 1. The van der Waals surface area contributed by atoms with E-state index in [0.29, 0.717) is 19.1 Å². The summed E-state index contributed by atoms with van der Waals surface area (Å²) >= 11 is 1.74. The largest absolute Gasteiger partial charge is 0.493 e. The van der Waals surface area contributed by atoms with Crippen LogP contribution in [0.1, 0.15) is 32.2 Å². The van der Waals surface area contributed by atoms with Crippen molar-refractivity contribution in [2.24, 2.45) is 5.92 Å². The average molecular weight is 381 g/mol. The summed E-state index contributed by atoms with van der Waals surface area (Å²) in [6.07, 6.45) is 0.938. The molecule has 1 aromatic carbocycles. The average Bonchev–Trinajstić information content (AvgIpc) is 3.30. The molecule has 1 N–H and O–H groups in total. The number of fused-ring (bicyclic) bond motifs is 1. The number of para-hydroxylation sites is 1. The number of hydrogen-bond donors (Lipinski definition) is 1. The maximum absolute atomic E-state index is 12.8. The van der Waals surface area contributed by atoms with E-state index in [2.05, 4.69) is 40.4 Å². The highest BCUT2D eigenvalue weighted by Gasteiger charge is 2.21. The second-order valence-electron chi connectivity index (χ2n) is 7.15. The van der Waals surface area contributed by atoms with Gasteiger partial charge in [0.2, 0.25) is 0 Å². The van der Waals surface area contributed by atoms with Gasteiger partial charge in [0.15, 0.2) is 0 Å². The Balaban J connectivity index is 1.40. The molecule has 0 bridgehead atoms. The van der Waals surface area contributed by atoms with E-state index < -0.39 is 0 Å². The SMILES string of the molecule is Cc1cc(C(=O)NCC2COc3ccccc3C2)c(C)n1Cc1cccs1. The van der Waals surface area contributed by atoms with E-state index >= 15 is 0 Å². The molecule has 0 spiro atoms. The predicted octanol–water partition coefficient (Wildman–Crippen LogP) is 4.20. The number of hydrogen-bond acceptors (Lipinski definition) is 3. The summed E-state index contributed by atoms with van der Waals surface area (Å²) in [5.74, 6) is 1.27. The van der Waals surface area contributed by atoms with Crippen molar-refractivity contribution in [1.29, 1.82) is 0 Å². The molecule has 1 amide bonds. The van der Waals surface area contributed by atoms with E-state index in [1.807, 2.05) is 31.2 Å². The summed E-state index contributed by atoms with van der Waals surface area (Å²) in [6, 6.07) is 14.3. The second kappa shape index (κ2) is 7.61. The van der Waals surface area contributed by atoms with Crippen LogP contribution >= 0.6 is 11.3 Å². The zero-order valence-corrected chi connectivity index (χ0v) is 16.5. The van der Waals surface area contributed by atoms with Crippen molar-refractivity contribution in [2.75, 3.05) is 13.2 Å². The lowest BCUT2D eigenvalue weighted by Gasteiger charge is -2.25. The van der Waals surface area contributed by atoms with Gasteiger partial charge in [-0.1, -0.05) is 24.3 Å². The van der Waals surface area contributed by atoms with Gasteiger partial charge >= 0.3 is 0 Å². The van der Waals surface area contributed by atoms with Gasteiger partial charge in [-0.25, -0.2) is 0 Å². The van der Waals surface area contributed by atoms with Crippen molar-refractivity contribution in [1.82, 2.24) is 9.88 Å². The molecule has 1 unspecified atom stereocenters. The Morgan fingerprint density at radius 1 is 1.26 bits per heavy atom. The molecule has 0 aliphatic carbocycles. The number of aromatic nitrogens is 1. The monoisotopic (exact) mass is 380 g/mol. The van der Waals surface area contributed by atoms with Gasteiger partial charge < -0.3 is 14.6 Å². The molecule has 4 nitrogen and oxygen atoms in total. The standard InChI is InChI=1S/C22H24N2O2S/c1-15-10-20(16(2)24(15)13-19-7-5-9-27-19)22(25)23-12-17-11-18-6-3-4-8-21(18)26-14-17/h3-10,17H,11-14H2,1-2H3,(H,23,25). The lowest BCUT2D eigenvalue weighted by Crippen LogP contribution is -2.35. The molecule has 1 aliphatic rings. The topological polar surface area (TPSA) is 43.3 Å². The Morgan fingerprint density at radius 3 is 2.93 bits per heavy atom. The third-order valence-electron chi connectivity index (χ3n) is 5.22. The summed E-state index contributed by atoms with van der Waals surface area (Å²) in [7, 11) is 0. The van der Waals surface area contributed by atoms with Gasteiger partial charge in [0.05, 0.1) is 18.7 Å². The van der Waals surface area contributed by atoms with Crippen molar-refractivity contribution in [3.63, 3.8) is 0 Å². The fourth-order valence-electron chi connectivity index (χ4n) is 3.69. The van der Waals surface area contributed by atoms with Crippen LogP contribution in [-0.2, 0) is 13.0 Å². The molecule has 140 valence electrons. The Bertz CT molecular complexity index is 943. The maximum atomic E-state index is 12.8. The number of rotatable bonds is 5. The number of carbonyl (C=O) groups excluding carboxylic acids is 1. The number of thiophene rings is 1.